The van der Waals surface area contributed by atoms with Gasteiger partial charge in [0.2, 0.25) is 5.79 Å². The van der Waals surface area contributed by atoms with E-state index in [0.29, 0.717) is 32.1 Å². The van der Waals surface area contributed by atoms with Crippen molar-refractivity contribution in [2.24, 2.45) is 0 Å². The highest BCUT2D eigenvalue weighted by Crippen LogP contribution is 2.51. The SMILES string of the molecule is C=CCC[C@@H](OS(C)(=O)=O)[C@]1(O)O[C@H]([C@@H](O[Si](C)(C)C(C)(C)C)[C@H]2COC(CC)(CC)O2)[C@H]2OC(CC)(CC)O[C@H]21. The lowest BCUT2D eigenvalue weighted by atomic mass is 9.95. The van der Waals surface area contributed by atoms with Crippen molar-refractivity contribution in [3.05, 3.63) is 12.7 Å². The van der Waals surface area contributed by atoms with E-state index >= 15 is 0 Å². The first-order valence-corrected chi connectivity index (χ1v) is 19.8. The molecule has 3 saturated heterocycles. The average Bonchev–Trinajstić information content (AvgIpc) is 3.57. The molecule has 3 aliphatic heterocycles. The number of hydrogen-bond donors (Lipinski definition) is 1. The summed E-state index contributed by atoms with van der Waals surface area (Å²) >= 11 is 0. The first-order valence-electron chi connectivity index (χ1n) is 15.1. The Morgan fingerprint density at radius 2 is 1.61 bits per heavy atom. The van der Waals surface area contributed by atoms with E-state index < -0.39 is 72.4 Å². The molecule has 10 nitrogen and oxygen atoms in total. The summed E-state index contributed by atoms with van der Waals surface area (Å²) in [7, 11) is -6.39. The van der Waals surface area contributed by atoms with Crippen molar-refractivity contribution >= 4 is 18.4 Å². The molecule has 41 heavy (non-hydrogen) atoms. The van der Waals surface area contributed by atoms with Crippen LogP contribution in [0.1, 0.15) is 87.0 Å². The van der Waals surface area contributed by atoms with Gasteiger partial charge in [-0.15, -0.1) is 6.58 Å². The normalized spacial score (nSPS) is 33.0. The summed E-state index contributed by atoms with van der Waals surface area (Å²) in [6, 6.07) is 0. The lowest BCUT2D eigenvalue weighted by Gasteiger charge is -2.43. The highest BCUT2D eigenvalue weighted by molar-refractivity contribution is 7.86. The van der Waals surface area contributed by atoms with Crippen LogP contribution in [0.25, 0.3) is 0 Å². The topological polar surface area (TPSA) is 119 Å². The molecule has 3 heterocycles. The first kappa shape index (κ1) is 35.1. The van der Waals surface area contributed by atoms with Crippen LogP contribution < -0.4 is 0 Å². The molecule has 0 radical (unpaired) electrons. The highest BCUT2D eigenvalue weighted by Gasteiger charge is 2.69. The van der Waals surface area contributed by atoms with Crippen molar-refractivity contribution in [3.8, 4) is 0 Å². The number of ether oxygens (including phenoxy) is 5. The van der Waals surface area contributed by atoms with Crippen molar-refractivity contribution in [1.82, 2.24) is 0 Å². The summed E-state index contributed by atoms with van der Waals surface area (Å²) in [4.78, 5) is 0. The zero-order valence-corrected chi connectivity index (χ0v) is 28.5. The summed E-state index contributed by atoms with van der Waals surface area (Å²) < 4.78 is 69.6. The third kappa shape index (κ3) is 7.13. The fourth-order valence-electron chi connectivity index (χ4n) is 5.68. The molecule has 240 valence electrons. The maximum atomic E-state index is 12.4. The van der Waals surface area contributed by atoms with Crippen molar-refractivity contribution < 1.29 is 45.8 Å². The largest absolute Gasteiger partial charge is 0.408 e. The van der Waals surface area contributed by atoms with Gasteiger partial charge in [0, 0.05) is 0 Å². The van der Waals surface area contributed by atoms with Crippen LogP contribution in [0.2, 0.25) is 18.1 Å². The Hall–Kier alpha value is -0.413. The molecule has 3 aliphatic rings. The first-order chi connectivity index (χ1) is 18.9. The van der Waals surface area contributed by atoms with E-state index in [1.165, 1.54) is 0 Å². The predicted octanol–water partition coefficient (Wildman–Crippen LogP) is 5.01. The maximum Gasteiger partial charge on any atom is 0.264 e. The van der Waals surface area contributed by atoms with Gasteiger partial charge in [0.25, 0.3) is 10.1 Å². The Morgan fingerprint density at radius 1 is 1.02 bits per heavy atom. The fourth-order valence-corrected chi connectivity index (χ4v) is 7.66. The number of aliphatic hydroxyl groups is 1. The molecule has 1 N–H and O–H groups in total. The van der Waals surface area contributed by atoms with Gasteiger partial charge in [-0.2, -0.15) is 8.42 Å². The van der Waals surface area contributed by atoms with Gasteiger partial charge in [0.05, 0.1) is 12.9 Å². The van der Waals surface area contributed by atoms with E-state index in [-0.39, 0.29) is 18.1 Å². The molecule has 3 fully saturated rings. The van der Waals surface area contributed by atoms with Crippen LogP contribution in [-0.4, -0.2) is 88.7 Å². The molecular weight excluding hydrogens is 568 g/mol. The van der Waals surface area contributed by atoms with Crippen LogP contribution in [0.3, 0.4) is 0 Å². The molecule has 0 amide bonds. The third-order valence-electron chi connectivity index (χ3n) is 9.39. The monoisotopic (exact) mass is 622 g/mol. The fraction of sp³-hybridized carbons (Fsp3) is 0.931. The Bertz CT molecular complexity index is 1000. The minimum atomic E-state index is -3.96. The Labute approximate surface area is 248 Å². The second kappa shape index (κ2) is 12.5. The molecule has 0 aliphatic carbocycles. The van der Waals surface area contributed by atoms with Gasteiger partial charge in [-0.25, -0.2) is 0 Å². The predicted molar refractivity (Wildman–Crippen MR) is 158 cm³/mol. The molecule has 0 aromatic heterocycles. The standard InChI is InChI=1S/C29H54O10SSi/c1-12-17-18-21(38-40(9,31)32)29(30)25-24(35-28(15-4,16-5)37-25)23(36-29)22(39-41(10,11)26(6,7)8)20-19-33-27(13-2,14-3)34-20/h12,20-25,30H,1,13-19H2,2-11H3/t20-,21-,22+,23-,24-,25-,29+/m1/s1. The van der Waals surface area contributed by atoms with Gasteiger partial charge in [0.1, 0.15) is 36.6 Å². The van der Waals surface area contributed by atoms with Gasteiger partial charge >= 0.3 is 0 Å². The molecule has 7 atom stereocenters. The van der Waals surface area contributed by atoms with Crippen LogP contribution >= 0.6 is 0 Å². The summed E-state index contributed by atoms with van der Waals surface area (Å²) in [5, 5.41) is 12.1. The van der Waals surface area contributed by atoms with E-state index in [0.717, 1.165) is 6.26 Å². The van der Waals surface area contributed by atoms with Crippen molar-refractivity contribution in [2.45, 2.75) is 159 Å². The average molecular weight is 623 g/mol. The van der Waals surface area contributed by atoms with Crippen LogP contribution in [0, 0.1) is 0 Å². The highest BCUT2D eigenvalue weighted by atomic mass is 32.2. The summed E-state index contributed by atoms with van der Waals surface area (Å²) in [6.07, 6.45) is 0.374. The minimum absolute atomic E-state index is 0.138. The van der Waals surface area contributed by atoms with Crippen molar-refractivity contribution in [3.63, 3.8) is 0 Å². The van der Waals surface area contributed by atoms with E-state index in [9.17, 15) is 13.5 Å². The summed E-state index contributed by atoms with van der Waals surface area (Å²) in [5.41, 5.74) is 0. The molecule has 0 spiro atoms. The number of rotatable bonds is 14. The summed E-state index contributed by atoms with van der Waals surface area (Å²) in [5.74, 6) is -3.87. The lowest BCUT2D eigenvalue weighted by molar-refractivity contribution is -0.317. The minimum Gasteiger partial charge on any atom is -0.408 e. The summed E-state index contributed by atoms with van der Waals surface area (Å²) in [6.45, 7) is 22.7. The van der Waals surface area contributed by atoms with E-state index in [1.54, 1.807) is 6.08 Å². The Morgan fingerprint density at radius 3 is 2.07 bits per heavy atom. The van der Waals surface area contributed by atoms with Crippen LogP contribution in [0.15, 0.2) is 12.7 Å². The number of hydrogen-bond acceptors (Lipinski definition) is 10. The molecule has 0 bridgehead atoms. The molecule has 0 aromatic rings. The van der Waals surface area contributed by atoms with Crippen LogP contribution in [0.4, 0.5) is 0 Å². The van der Waals surface area contributed by atoms with Crippen molar-refractivity contribution in [2.75, 3.05) is 12.9 Å². The zero-order chi connectivity index (χ0) is 31.1. The zero-order valence-electron chi connectivity index (χ0n) is 26.7. The Balaban J connectivity index is 2.13. The number of fused-ring (bicyclic) bond motifs is 1. The van der Waals surface area contributed by atoms with Gasteiger partial charge in [-0.1, -0.05) is 54.5 Å². The molecule has 0 aromatic carbocycles. The van der Waals surface area contributed by atoms with Crippen molar-refractivity contribution in [1.29, 1.82) is 0 Å². The smallest absolute Gasteiger partial charge is 0.264 e. The molecule has 3 rings (SSSR count). The van der Waals surface area contributed by atoms with Crippen LogP contribution in [0.5, 0.6) is 0 Å². The van der Waals surface area contributed by atoms with Gasteiger partial charge in [-0.05, 0) is 56.7 Å². The molecule has 12 heteroatoms. The number of allylic oxidation sites excluding steroid dienone is 1. The van der Waals surface area contributed by atoms with Crippen LogP contribution in [-0.2, 0) is 42.4 Å². The Kier molecular flexibility index (Phi) is 10.7. The molecule has 0 unspecified atom stereocenters. The lowest BCUT2D eigenvalue weighted by Crippen LogP contribution is -2.56. The van der Waals surface area contributed by atoms with Gasteiger partial charge in [0.15, 0.2) is 19.9 Å². The van der Waals surface area contributed by atoms with E-state index in [2.05, 4.69) is 40.4 Å². The van der Waals surface area contributed by atoms with Gasteiger partial charge in [-0.3, -0.25) is 4.18 Å². The molecule has 0 saturated carbocycles. The second-order valence-corrected chi connectivity index (χ2v) is 19.5. The third-order valence-corrected chi connectivity index (χ3v) is 14.4. The van der Waals surface area contributed by atoms with E-state index in [1.807, 2.05) is 27.7 Å². The molecular formula is C29H54O10SSi. The van der Waals surface area contributed by atoms with Gasteiger partial charge < -0.3 is 33.2 Å². The van der Waals surface area contributed by atoms with E-state index in [4.69, 9.17) is 32.3 Å². The quantitative estimate of drug-likeness (QED) is 0.161. The second-order valence-electron chi connectivity index (χ2n) is 13.2. The maximum absolute atomic E-state index is 12.4.